The van der Waals surface area contributed by atoms with Crippen molar-refractivity contribution in [3.63, 3.8) is 0 Å². The molecule has 2 aromatic heterocycles. The van der Waals surface area contributed by atoms with Crippen LogP contribution < -0.4 is 10.2 Å². The Balaban J connectivity index is 1.42. The summed E-state index contributed by atoms with van der Waals surface area (Å²) in [7, 11) is 0. The molecular weight excluding hydrogens is 334 g/mol. The molecule has 0 aromatic carbocycles. The molecule has 0 atom stereocenters. The van der Waals surface area contributed by atoms with Crippen LogP contribution in [0.4, 0.5) is 11.5 Å². The molecule has 5 nitrogen and oxygen atoms in total. The van der Waals surface area contributed by atoms with Gasteiger partial charge in [-0.1, -0.05) is 6.42 Å². The third kappa shape index (κ3) is 3.85. The second-order valence-electron chi connectivity index (χ2n) is 6.58. The van der Waals surface area contributed by atoms with E-state index < -0.39 is 0 Å². The minimum absolute atomic E-state index is 0.0287. The van der Waals surface area contributed by atoms with E-state index in [2.05, 4.69) is 21.3 Å². The van der Waals surface area contributed by atoms with Crippen LogP contribution in [-0.2, 0) is 17.6 Å². The number of morpholine rings is 1. The van der Waals surface area contributed by atoms with Gasteiger partial charge in [0.2, 0.25) is 0 Å². The molecule has 0 unspecified atom stereocenters. The lowest BCUT2D eigenvalue weighted by molar-refractivity contribution is 0.103. The summed E-state index contributed by atoms with van der Waals surface area (Å²) < 4.78 is 5.36. The van der Waals surface area contributed by atoms with E-state index >= 15 is 0 Å². The van der Waals surface area contributed by atoms with Crippen LogP contribution in [0.25, 0.3) is 0 Å². The Hall–Kier alpha value is -1.92. The predicted octanol–water partition coefficient (Wildman–Crippen LogP) is 3.50. The highest BCUT2D eigenvalue weighted by Crippen LogP contribution is 2.29. The van der Waals surface area contributed by atoms with Crippen molar-refractivity contribution < 1.29 is 9.53 Å². The van der Waals surface area contributed by atoms with E-state index in [0.29, 0.717) is 0 Å². The van der Waals surface area contributed by atoms with Gasteiger partial charge in [-0.15, -0.1) is 11.3 Å². The maximum Gasteiger partial charge on any atom is 0.265 e. The van der Waals surface area contributed by atoms with Gasteiger partial charge in [0, 0.05) is 18.0 Å². The number of ether oxygens (including phenoxy) is 1. The zero-order chi connectivity index (χ0) is 17.1. The molecule has 2 aliphatic rings. The number of anilines is 2. The quantitative estimate of drug-likeness (QED) is 0.854. The maximum absolute atomic E-state index is 12.5. The van der Waals surface area contributed by atoms with Crippen LogP contribution in [0.15, 0.2) is 24.4 Å². The van der Waals surface area contributed by atoms with Crippen LogP contribution in [0.1, 0.15) is 39.4 Å². The first kappa shape index (κ1) is 16.5. The van der Waals surface area contributed by atoms with Gasteiger partial charge in [0.25, 0.3) is 5.91 Å². The molecule has 132 valence electrons. The lowest BCUT2D eigenvalue weighted by atomic mass is 10.1. The van der Waals surface area contributed by atoms with Crippen molar-refractivity contribution in [3.05, 3.63) is 39.7 Å². The third-order valence-electron chi connectivity index (χ3n) is 4.81. The molecule has 1 N–H and O–H groups in total. The van der Waals surface area contributed by atoms with Crippen LogP contribution in [0.2, 0.25) is 0 Å². The number of aromatic nitrogens is 1. The van der Waals surface area contributed by atoms with Crippen LogP contribution in [0.3, 0.4) is 0 Å². The number of hydrogen-bond acceptors (Lipinski definition) is 5. The zero-order valence-corrected chi connectivity index (χ0v) is 15.1. The van der Waals surface area contributed by atoms with E-state index in [1.807, 2.05) is 12.1 Å². The molecule has 0 radical (unpaired) electrons. The van der Waals surface area contributed by atoms with Gasteiger partial charge in [-0.2, -0.15) is 0 Å². The Morgan fingerprint density at radius 1 is 1.16 bits per heavy atom. The molecule has 1 fully saturated rings. The first-order valence-corrected chi connectivity index (χ1v) is 9.83. The van der Waals surface area contributed by atoms with Crippen LogP contribution in [-0.4, -0.2) is 37.2 Å². The van der Waals surface area contributed by atoms with Gasteiger partial charge in [0.05, 0.1) is 30.0 Å². The monoisotopic (exact) mass is 357 g/mol. The first-order chi connectivity index (χ1) is 12.3. The first-order valence-electron chi connectivity index (χ1n) is 9.01. The molecule has 1 aliphatic carbocycles. The Morgan fingerprint density at radius 3 is 2.80 bits per heavy atom. The molecule has 0 spiro atoms. The molecule has 0 bridgehead atoms. The number of carbonyl (C=O) groups excluding carboxylic acids is 1. The Labute approximate surface area is 152 Å². The van der Waals surface area contributed by atoms with Crippen molar-refractivity contribution in [2.75, 3.05) is 36.5 Å². The summed E-state index contributed by atoms with van der Waals surface area (Å²) in [6.07, 6.45) is 7.72. The highest BCUT2D eigenvalue weighted by atomic mass is 32.1. The van der Waals surface area contributed by atoms with Crippen molar-refractivity contribution in [2.45, 2.75) is 32.1 Å². The second-order valence-corrected chi connectivity index (χ2v) is 7.72. The zero-order valence-electron chi connectivity index (χ0n) is 14.3. The molecular formula is C19H23N3O2S. The summed E-state index contributed by atoms with van der Waals surface area (Å²) in [6, 6.07) is 5.97. The van der Waals surface area contributed by atoms with Crippen molar-refractivity contribution >= 4 is 28.7 Å². The predicted molar refractivity (Wildman–Crippen MR) is 101 cm³/mol. The van der Waals surface area contributed by atoms with Crippen molar-refractivity contribution in [1.82, 2.24) is 4.98 Å². The number of carbonyl (C=O) groups is 1. The van der Waals surface area contributed by atoms with Gasteiger partial charge in [-0.25, -0.2) is 4.98 Å². The van der Waals surface area contributed by atoms with E-state index in [0.717, 1.165) is 55.5 Å². The number of nitrogens with one attached hydrogen (secondary N) is 1. The van der Waals surface area contributed by atoms with E-state index in [9.17, 15) is 4.79 Å². The number of hydrogen-bond donors (Lipinski definition) is 1. The number of amides is 1. The van der Waals surface area contributed by atoms with Crippen molar-refractivity contribution in [1.29, 1.82) is 0 Å². The van der Waals surface area contributed by atoms with Crippen molar-refractivity contribution in [2.24, 2.45) is 0 Å². The van der Waals surface area contributed by atoms with E-state index in [-0.39, 0.29) is 5.91 Å². The normalized spacial score (nSPS) is 17.7. The molecule has 3 heterocycles. The Kier molecular flexibility index (Phi) is 4.99. The lowest BCUT2D eigenvalue weighted by Crippen LogP contribution is -2.36. The van der Waals surface area contributed by atoms with Gasteiger partial charge < -0.3 is 15.0 Å². The SMILES string of the molecule is O=C(Nc1ccc(N2CCOCC2)nc1)c1cc2c(s1)CCCCC2. The maximum atomic E-state index is 12.5. The third-order valence-corrected chi connectivity index (χ3v) is 6.05. The van der Waals surface area contributed by atoms with E-state index in [1.54, 1.807) is 17.5 Å². The minimum atomic E-state index is -0.0287. The molecule has 1 saturated heterocycles. The minimum Gasteiger partial charge on any atom is -0.378 e. The highest BCUT2D eigenvalue weighted by Gasteiger charge is 2.17. The lowest BCUT2D eigenvalue weighted by Gasteiger charge is -2.27. The fourth-order valence-electron chi connectivity index (χ4n) is 3.41. The summed E-state index contributed by atoms with van der Waals surface area (Å²) in [5, 5.41) is 2.98. The van der Waals surface area contributed by atoms with Gasteiger partial charge in [0.15, 0.2) is 0 Å². The number of thiophene rings is 1. The van der Waals surface area contributed by atoms with Gasteiger partial charge in [-0.3, -0.25) is 4.79 Å². The molecule has 2 aromatic rings. The molecule has 6 heteroatoms. The fourth-order valence-corrected chi connectivity index (χ4v) is 4.56. The molecule has 1 aliphatic heterocycles. The van der Waals surface area contributed by atoms with Crippen molar-refractivity contribution in [3.8, 4) is 0 Å². The molecule has 0 saturated carbocycles. The summed E-state index contributed by atoms with van der Waals surface area (Å²) in [5.41, 5.74) is 2.11. The standard InChI is InChI=1S/C19H23N3O2S/c23-19(17-12-14-4-2-1-3-5-16(14)25-17)21-15-6-7-18(20-13-15)22-8-10-24-11-9-22/h6-7,12-13H,1-5,8-11H2,(H,21,23). The Bertz CT molecular complexity index is 712. The average molecular weight is 357 g/mol. The number of nitrogens with zero attached hydrogens (tertiary/aromatic N) is 2. The second kappa shape index (κ2) is 7.54. The molecule has 4 rings (SSSR count). The Morgan fingerprint density at radius 2 is 2.00 bits per heavy atom. The number of rotatable bonds is 3. The smallest absolute Gasteiger partial charge is 0.265 e. The fraction of sp³-hybridized carbons (Fsp3) is 0.474. The largest absolute Gasteiger partial charge is 0.378 e. The molecule has 1 amide bonds. The van der Waals surface area contributed by atoms with Gasteiger partial charge in [-0.05, 0) is 49.4 Å². The number of fused-ring (bicyclic) bond motifs is 1. The summed E-state index contributed by atoms with van der Waals surface area (Å²) in [5.74, 6) is 0.906. The summed E-state index contributed by atoms with van der Waals surface area (Å²) in [4.78, 5) is 21.4. The van der Waals surface area contributed by atoms with Gasteiger partial charge >= 0.3 is 0 Å². The molecule has 25 heavy (non-hydrogen) atoms. The van der Waals surface area contributed by atoms with Crippen LogP contribution in [0.5, 0.6) is 0 Å². The van der Waals surface area contributed by atoms with Gasteiger partial charge in [0.1, 0.15) is 5.82 Å². The number of pyridine rings is 1. The average Bonchev–Trinajstić information content (AvgIpc) is 2.94. The summed E-state index contributed by atoms with van der Waals surface area (Å²) >= 11 is 1.65. The van der Waals surface area contributed by atoms with E-state index in [1.165, 1.54) is 29.7 Å². The summed E-state index contributed by atoms with van der Waals surface area (Å²) in [6.45, 7) is 3.20. The van der Waals surface area contributed by atoms with Crippen LogP contribution >= 0.6 is 11.3 Å². The number of aryl methyl sites for hydroxylation is 2. The van der Waals surface area contributed by atoms with E-state index in [4.69, 9.17) is 4.74 Å². The topological polar surface area (TPSA) is 54.5 Å². The van der Waals surface area contributed by atoms with Crippen LogP contribution in [0, 0.1) is 0 Å². The highest BCUT2D eigenvalue weighted by molar-refractivity contribution is 7.14.